The molecule has 0 bridgehead atoms. The molecule has 0 aliphatic rings. The molecule has 0 amide bonds. The van der Waals surface area contributed by atoms with Crippen molar-refractivity contribution >= 4 is 17.7 Å². The van der Waals surface area contributed by atoms with E-state index in [1.807, 2.05) is 0 Å². The first-order valence-corrected chi connectivity index (χ1v) is 19.2. The number of phenols is 8. The first-order chi connectivity index (χ1) is 30.3. The lowest BCUT2D eigenvalue weighted by atomic mass is 9.91. The van der Waals surface area contributed by atoms with Gasteiger partial charge in [-0.15, -0.1) is 0 Å². The molecular formula is C48H50O16. The second-order valence-corrected chi connectivity index (χ2v) is 13.9. The summed E-state index contributed by atoms with van der Waals surface area (Å²) in [5.74, 6) is -3.01. The number of carbonyl (C=O) groups excluding carboxylic acids is 2. The van der Waals surface area contributed by atoms with Gasteiger partial charge in [-0.1, -0.05) is 43.3 Å². The lowest BCUT2D eigenvalue weighted by Gasteiger charge is -2.14. The van der Waals surface area contributed by atoms with Gasteiger partial charge >= 0.3 is 11.9 Å². The number of methoxy groups -OCH3 is 3. The Morgan fingerprint density at radius 2 is 0.703 bits per heavy atom. The first-order valence-electron chi connectivity index (χ1n) is 19.2. The number of hydrogen-bond acceptors (Lipinski definition) is 15. The highest BCUT2D eigenvalue weighted by atomic mass is 16.5. The summed E-state index contributed by atoms with van der Waals surface area (Å²) in [6, 6.07) is 30.2. The molecule has 16 nitrogen and oxygen atoms in total. The van der Waals surface area contributed by atoms with Crippen molar-refractivity contribution in [2.24, 2.45) is 0 Å². The van der Waals surface area contributed by atoms with Crippen LogP contribution in [0.3, 0.4) is 0 Å². The van der Waals surface area contributed by atoms with Gasteiger partial charge in [0.15, 0.2) is 5.78 Å². The molecule has 3 atom stereocenters. The minimum absolute atomic E-state index is 0.0952. The first kappa shape index (κ1) is 50.1. The van der Waals surface area contributed by atoms with E-state index >= 15 is 0 Å². The second-order valence-electron chi connectivity index (χ2n) is 13.9. The molecule has 0 fully saturated rings. The summed E-state index contributed by atoms with van der Waals surface area (Å²) in [4.78, 5) is 35.1. The number of rotatable bonds is 11. The highest BCUT2D eigenvalue weighted by Crippen LogP contribution is 2.36. The van der Waals surface area contributed by atoms with E-state index in [0.717, 1.165) is 58.8 Å². The number of aromatic hydroxyl groups is 8. The van der Waals surface area contributed by atoms with Crippen molar-refractivity contribution in [3.63, 3.8) is 0 Å². The van der Waals surface area contributed by atoms with Gasteiger partial charge in [0.1, 0.15) is 74.6 Å². The molecule has 0 saturated carbocycles. The highest BCUT2D eigenvalue weighted by Gasteiger charge is 2.24. The van der Waals surface area contributed by atoms with Gasteiger partial charge in [-0.2, -0.15) is 0 Å². The van der Waals surface area contributed by atoms with Crippen LogP contribution in [-0.4, -0.2) is 85.0 Å². The molecule has 0 aliphatic carbocycles. The van der Waals surface area contributed by atoms with Crippen LogP contribution >= 0.6 is 0 Å². The summed E-state index contributed by atoms with van der Waals surface area (Å²) < 4.78 is 20.2. The number of aliphatic carboxylic acids is 1. The van der Waals surface area contributed by atoms with E-state index in [0.29, 0.717) is 11.5 Å². The monoisotopic (exact) mass is 882 g/mol. The van der Waals surface area contributed by atoms with Crippen molar-refractivity contribution in [2.75, 3.05) is 21.3 Å². The van der Waals surface area contributed by atoms with E-state index in [4.69, 9.17) is 39.4 Å². The third-order valence-corrected chi connectivity index (χ3v) is 9.27. The average Bonchev–Trinajstić information content (AvgIpc) is 3.25. The van der Waals surface area contributed by atoms with Crippen molar-refractivity contribution in [3.8, 4) is 69.0 Å². The zero-order chi connectivity index (χ0) is 47.7. The minimum atomic E-state index is -0.815. The van der Waals surface area contributed by atoms with E-state index < -0.39 is 47.0 Å². The van der Waals surface area contributed by atoms with Crippen LogP contribution in [0.4, 0.5) is 0 Å². The molecular weight excluding hydrogens is 833 g/mol. The Hall–Kier alpha value is -8.27. The smallest absolute Gasteiger partial charge is 0.318 e. The zero-order valence-corrected chi connectivity index (χ0v) is 35.7. The molecule has 0 spiro atoms. The average molecular weight is 883 g/mol. The van der Waals surface area contributed by atoms with Crippen LogP contribution in [0.15, 0.2) is 121 Å². The molecule has 338 valence electrons. The third kappa shape index (κ3) is 15.0. The fraction of sp³-hybridized carbons (Fsp3) is 0.188. The zero-order valence-electron chi connectivity index (χ0n) is 35.7. The van der Waals surface area contributed by atoms with Crippen LogP contribution in [0.1, 0.15) is 65.6 Å². The minimum Gasteiger partial charge on any atom is -0.508 e. The molecule has 0 heterocycles. The Balaban J connectivity index is 0.000000238. The Labute approximate surface area is 368 Å². The summed E-state index contributed by atoms with van der Waals surface area (Å²) in [5.41, 5.74) is 2.10. The van der Waals surface area contributed by atoms with Gasteiger partial charge in [-0.05, 0) is 66.9 Å². The van der Waals surface area contributed by atoms with Crippen LogP contribution < -0.4 is 18.9 Å². The van der Waals surface area contributed by atoms with Gasteiger partial charge in [0.2, 0.25) is 0 Å². The molecule has 16 heteroatoms. The van der Waals surface area contributed by atoms with Crippen molar-refractivity contribution in [3.05, 3.63) is 144 Å². The van der Waals surface area contributed by atoms with E-state index in [1.54, 1.807) is 115 Å². The molecule has 0 saturated heterocycles. The van der Waals surface area contributed by atoms with Crippen LogP contribution in [0.2, 0.25) is 0 Å². The summed E-state index contributed by atoms with van der Waals surface area (Å²) in [7, 11) is 4.70. The van der Waals surface area contributed by atoms with Crippen molar-refractivity contribution in [1.29, 1.82) is 0 Å². The molecule has 6 aromatic carbocycles. The molecule has 6 rings (SSSR count). The van der Waals surface area contributed by atoms with Crippen LogP contribution in [0.25, 0.3) is 0 Å². The van der Waals surface area contributed by atoms with Crippen LogP contribution in [0, 0.1) is 0 Å². The molecule has 0 aliphatic heterocycles. The Bertz CT molecular complexity index is 2370. The van der Waals surface area contributed by atoms with E-state index in [2.05, 4.69) is 0 Å². The molecule has 0 radical (unpaired) electrons. The van der Waals surface area contributed by atoms with Crippen LogP contribution in [0.5, 0.6) is 69.0 Å². The Morgan fingerprint density at radius 1 is 0.406 bits per heavy atom. The number of phenolic OH excluding ortho intramolecular Hbond substituents is 8. The molecule has 6 aromatic rings. The maximum Gasteiger partial charge on any atom is 0.318 e. The van der Waals surface area contributed by atoms with Gasteiger partial charge in [0.05, 0.1) is 33.2 Å². The Kier molecular flexibility index (Phi) is 18.5. The summed E-state index contributed by atoms with van der Waals surface area (Å²) in [5, 5.41) is 82.2. The number of benzene rings is 6. The number of Topliss-reactive ketones (excluding diaryl/α,β-unsaturated/α-hetero) is 1. The second kappa shape index (κ2) is 23.7. The van der Waals surface area contributed by atoms with Gasteiger partial charge in [-0.3, -0.25) is 14.4 Å². The largest absolute Gasteiger partial charge is 0.508 e. The van der Waals surface area contributed by atoms with Crippen LogP contribution in [-0.2, 0) is 9.59 Å². The predicted octanol–water partition coefficient (Wildman–Crippen LogP) is 8.30. The summed E-state index contributed by atoms with van der Waals surface area (Å²) in [6.45, 7) is 5.05. The standard InChI is InChI=1S/2C16H16O5.C10H12O3.C6H6O3/c1-10(11-3-5-14(20-2)6-4-11)16(19)21-15-8-12(17)7-13(18)9-15;1-9(10-3-5-12(21-2)6-4-10)16(20)15-13(18)7-11(17)8-14(15)19;1-7(10(11)12)8-3-5-9(13-2)6-4-8;7-4-1-5(8)3-6(9)2-4/h3-10,17-18H,1-2H3;3-9,17-19H,1-2H3;3-7H,1-2H3,(H,11,12);1-3,7-9H. The number of ether oxygens (including phenoxy) is 4. The third-order valence-electron chi connectivity index (χ3n) is 9.27. The fourth-order valence-electron chi connectivity index (χ4n) is 5.59. The van der Waals surface area contributed by atoms with Gasteiger partial charge in [-0.25, -0.2) is 0 Å². The topological polar surface area (TPSA) is 270 Å². The molecule has 9 N–H and O–H groups in total. The number of ketones is 1. The summed E-state index contributed by atoms with van der Waals surface area (Å²) >= 11 is 0. The summed E-state index contributed by atoms with van der Waals surface area (Å²) in [6.07, 6.45) is 0. The van der Waals surface area contributed by atoms with Gasteiger partial charge in [0, 0.05) is 54.4 Å². The highest BCUT2D eigenvalue weighted by molar-refractivity contribution is 6.05. The van der Waals surface area contributed by atoms with E-state index in [9.17, 15) is 39.9 Å². The lowest BCUT2D eigenvalue weighted by Crippen LogP contribution is -2.16. The predicted molar refractivity (Wildman–Crippen MR) is 234 cm³/mol. The maximum absolute atomic E-state index is 12.4. The quantitative estimate of drug-likeness (QED) is 0.0336. The van der Waals surface area contributed by atoms with Crippen molar-refractivity contribution in [1.82, 2.24) is 0 Å². The number of hydrogen-bond donors (Lipinski definition) is 9. The lowest BCUT2D eigenvalue weighted by molar-refractivity contribution is -0.138. The fourth-order valence-corrected chi connectivity index (χ4v) is 5.59. The van der Waals surface area contributed by atoms with E-state index in [-0.39, 0.29) is 45.8 Å². The number of carboxylic acid groups (broad SMARTS) is 1. The molecule has 64 heavy (non-hydrogen) atoms. The molecule has 3 unspecified atom stereocenters. The van der Waals surface area contributed by atoms with Gasteiger partial charge < -0.3 is 64.9 Å². The maximum atomic E-state index is 12.4. The number of carboxylic acids is 1. The van der Waals surface area contributed by atoms with E-state index in [1.165, 1.54) is 12.1 Å². The van der Waals surface area contributed by atoms with Crippen molar-refractivity contribution in [2.45, 2.75) is 38.5 Å². The van der Waals surface area contributed by atoms with Gasteiger partial charge in [0.25, 0.3) is 0 Å². The number of carbonyl (C=O) groups is 3. The Morgan fingerprint density at radius 3 is 1.03 bits per heavy atom. The number of esters is 1. The van der Waals surface area contributed by atoms with Crippen molar-refractivity contribution < 1.29 is 79.3 Å². The molecule has 0 aromatic heterocycles. The SMILES string of the molecule is COc1ccc(C(C)C(=O)O)cc1.COc1ccc(C(C)C(=O)Oc2cc(O)cc(O)c2)cc1.COc1ccc(C(C)C(=O)c2c(O)cc(O)cc2O)cc1.Oc1cc(O)cc(O)c1. The normalized spacial score (nSPS) is 11.5.